The molecule has 0 bridgehead atoms. The summed E-state index contributed by atoms with van der Waals surface area (Å²) in [5.74, 6) is 1.51. The Hall–Kier alpha value is -2.90. The molecule has 0 amide bonds. The number of piperazine rings is 1. The molecule has 0 atom stereocenters. The van der Waals surface area contributed by atoms with Crippen molar-refractivity contribution in [3.8, 4) is 0 Å². The number of anilines is 2. The SMILES string of the molecule is Cn1ccc2c(=O)[nH]c(N3CCN(c4cnccn4)CC3)nc21. The summed E-state index contributed by atoms with van der Waals surface area (Å²) in [6, 6.07) is 1.79. The Morgan fingerprint density at radius 2 is 1.91 bits per heavy atom. The van der Waals surface area contributed by atoms with Crippen molar-refractivity contribution in [2.24, 2.45) is 7.05 Å². The van der Waals surface area contributed by atoms with Gasteiger partial charge in [0.1, 0.15) is 11.5 Å². The van der Waals surface area contributed by atoms with Gasteiger partial charge >= 0.3 is 0 Å². The number of nitrogens with zero attached hydrogens (tertiary/aromatic N) is 6. The van der Waals surface area contributed by atoms with Gasteiger partial charge in [-0.05, 0) is 6.07 Å². The molecular weight excluding hydrogens is 294 g/mol. The first kappa shape index (κ1) is 13.7. The number of rotatable bonds is 2. The third-order valence-electron chi connectivity index (χ3n) is 4.17. The summed E-state index contributed by atoms with van der Waals surface area (Å²) in [6.45, 7) is 3.17. The number of hydrogen-bond acceptors (Lipinski definition) is 6. The van der Waals surface area contributed by atoms with Gasteiger partial charge in [-0.25, -0.2) is 4.98 Å². The summed E-state index contributed by atoms with van der Waals surface area (Å²) in [4.78, 5) is 32.4. The molecule has 8 heteroatoms. The van der Waals surface area contributed by atoms with E-state index in [-0.39, 0.29) is 5.56 Å². The lowest BCUT2D eigenvalue weighted by molar-refractivity contribution is 0.633. The fourth-order valence-electron chi connectivity index (χ4n) is 2.89. The maximum Gasteiger partial charge on any atom is 0.261 e. The minimum Gasteiger partial charge on any atom is -0.352 e. The number of nitrogens with one attached hydrogen (secondary N) is 1. The molecule has 1 aliphatic heterocycles. The highest BCUT2D eigenvalue weighted by molar-refractivity contribution is 5.76. The maximum atomic E-state index is 12.2. The molecule has 1 saturated heterocycles. The zero-order valence-electron chi connectivity index (χ0n) is 12.8. The van der Waals surface area contributed by atoms with Crippen LogP contribution in [0.1, 0.15) is 0 Å². The fourth-order valence-corrected chi connectivity index (χ4v) is 2.89. The molecule has 0 radical (unpaired) electrons. The van der Waals surface area contributed by atoms with Crippen molar-refractivity contribution in [3.05, 3.63) is 41.2 Å². The topological polar surface area (TPSA) is 82.9 Å². The summed E-state index contributed by atoms with van der Waals surface area (Å²) < 4.78 is 1.86. The van der Waals surface area contributed by atoms with Crippen LogP contribution >= 0.6 is 0 Å². The zero-order chi connectivity index (χ0) is 15.8. The maximum absolute atomic E-state index is 12.2. The molecule has 4 rings (SSSR count). The number of H-pyrrole nitrogens is 1. The van der Waals surface area contributed by atoms with Crippen molar-refractivity contribution >= 4 is 22.8 Å². The molecular formula is C15H17N7O. The first-order valence-electron chi connectivity index (χ1n) is 7.53. The molecule has 3 aromatic heterocycles. The Bertz CT molecular complexity index is 878. The third kappa shape index (κ3) is 2.41. The van der Waals surface area contributed by atoms with Crippen molar-refractivity contribution in [2.75, 3.05) is 36.0 Å². The molecule has 23 heavy (non-hydrogen) atoms. The highest BCUT2D eigenvalue weighted by Crippen LogP contribution is 2.16. The third-order valence-corrected chi connectivity index (χ3v) is 4.17. The standard InChI is InChI=1S/C15H17N7O/c1-20-5-2-11-13(20)18-15(19-14(11)23)22-8-6-21(7-9-22)12-10-16-3-4-17-12/h2-5,10H,6-9H2,1H3,(H,18,19,23). The minimum absolute atomic E-state index is 0.0954. The average Bonchev–Trinajstić information content (AvgIpc) is 2.98. The van der Waals surface area contributed by atoms with Gasteiger partial charge in [0, 0.05) is 51.8 Å². The van der Waals surface area contributed by atoms with Crippen molar-refractivity contribution in [2.45, 2.75) is 0 Å². The smallest absolute Gasteiger partial charge is 0.261 e. The van der Waals surface area contributed by atoms with Crippen LogP contribution in [0.15, 0.2) is 35.6 Å². The second kappa shape index (κ2) is 5.38. The minimum atomic E-state index is -0.0954. The van der Waals surface area contributed by atoms with Gasteiger partial charge in [0.05, 0.1) is 11.6 Å². The van der Waals surface area contributed by atoms with Gasteiger partial charge < -0.3 is 14.4 Å². The van der Waals surface area contributed by atoms with Gasteiger partial charge in [-0.3, -0.25) is 14.8 Å². The Balaban J connectivity index is 1.57. The van der Waals surface area contributed by atoms with Crippen LogP contribution in [0, 0.1) is 0 Å². The van der Waals surface area contributed by atoms with Gasteiger partial charge in [-0.2, -0.15) is 4.98 Å². The number of fused-ring (bicyclic) bond motifs is 1. The van der Waals surface area contributed by atoms with E-state index in [4.69, 9.17) is 0 Å². The Morgan fingerprint density at radius 3 is 2.65 bits per heavy atom. The van der Waals surface area contributed by atoms with E-state index in [0.717, 1.165) is 32.0 Å². The van der Waals surface area contributed by atoms with E-state index in [1.54, 1.807) is 24.7 Å². The monoisotopic (exact) mass is 311 g/mol. The normalized spacial score (nSPS) is 15.3. The molecule has 1 fully saturated rings. The summed E-state index contributed by atoms with van der Waals surface area (Å²) in [5.41, 5.74) is 0.613. The van der Waals surface area contributed by atoms with E-state index in [9.17, 15) is 4.79 Å². The second-order valence-corrected chi connectivity index (χ2v) is 5.59. The first-order valence-corrected chi connectivity index (χ1v) is 7.53. The number of aromatic nitrogens is 5. The van der Waals surface area contributed by atoms with E-state index >= 15 is 0 Å². The Labute approximate surface area is 132 Å². The van der Waals surface area contributed by atoms with Gasteiger partial charge in [-0.1, -0.05) is 0 Å². The molecule has 0 aromatic carbocycles. The predicted molar refractivity (Wildman–Crippen MR) is 87.8 cm³/mol. The van der Waals surface area contributed by atoms with Crippen molar-refractivity contribution in [1.29, 1.82) is 0 Å². The van der Waals surface area contributed by atoms with Crippen molar-refractivity contribution in [1.82, 2.24) is 24.5 Å². The Kier molecular flexibility index (Phi) is 3.22. The number of aryl methyl sites for hydroxylation is 1. The predicted octanol–water partition coefficient (Wildman–Crippen LogP) is 0.378. The fraction of sp³-hybridized carbons (Fsp3) is 0.333. The summed E-state index contributed by atoms with van der Waals surface area (Å²) in [7, 11) is 1.89. The molecule has 1 aliphatic rings. The second-order valence-electron chi connectivity index (χ2n) is 5.59. The molecule has 1 N–H and O–H groups in total. The van der Waals surface area contributed by atoms with Crippen LogP contribution in [0.3, 0.4) is 0 Å². The largest absolute Gasteiger partial charge is 0.352 e. The summed E-state index contributed by atoms with van der Waals surface area (Å²) in [5, 5.41) is 0.620. The van der Waals surface area contributed by atoms with Crippen LogP contribution in [0.4, 0.5) is 11.8 Å². The molecule has 0 saturated carbocycles. The quantitative estimate of drug-likeness (QED) is 0.736. The zero-order valence-corrected chi connectivity index (χ0v) is 12.8. The van der Waals surface area contributed by atoms with Crippen LogP contribution in [-0.4, -0.2) is 50.7 Å². The van der Waals surface area contributed by atoms with Crippen LogP contribution < -0.4 is 15.4 Å². The highest BCUT2D eigenvalue weighted by Gasteiger charge is 2.20. The van der Waals surface area contributed by atoms with Gasteiger partial charge in [0.15, 0.2) is 0 Å². The van der Waals surface area contributed by atoms with E-state index in [2.05, 4.69) is 29.7 Å². The van der Waals surface area contributed by atoms with Crippen LogP contribution in [0.25, 0.3) is 11.0 Å². The van der Waals surface area contributed by atoms with E-state index in [1.165, 1.54) is 0 Å². The van der Waals surface area contributed by atoms with Gasteiger partial charge in [0.2, 0.25) is 5.95 Å². The summed E-state index contributed by atoms with van der Waals surface area (Å²) in [6.07, 6.45) is 6.99. The van der Waals surface area contributed by atoms with Gasteiger partial charge in [-0.15, -0.1) is 0 Å². The molecule has 3 aromatic rings. The highest BCUT2D eigenvalue weighted by atomic mass is 16.1. The van der Waals surface area contributed by atoms with E-state index < -0.39 is 0 Å². The van der Waals surface area contributed by atoms with Crippen LogP contribution in [0.2, 0.25) is 0 Å². The number of hydrogen-bond donors (Lipinski definition) is 1. The lowest BCUT2D eigenvalue weighted by Gasteiger charge is -2.35. The van der Waals surface area contributed by atoms with Crippen molar-refractivity contribution in [3.63, 3.8) is 0 Å². The molecule has 8 nitrogen and oxygen atoms in total. The Morgan fingerprint density at radius 1 is 1.13 bits per heavy atom. The first-order chi connectivity index (χ1) is 11.2. The average molecular weight is 311 g/mol. The van der Waals surface area contributed by atoms with Gasteiger partial charge in [0.25, 0.3) is 5.56 Å². The lowest BCUT2D eigenvalue weighted by atomic mass is 10.3. The molecule has 0 aliphatic carbocycles. The van der Waals surface area contributed by atoms with E-state index in [0.29, 0.717) is 17.0 Å². The van der Waals surface area contributed by atoms with Crippen LogP contribution in [-0.2, 0) is 7.05 Å². The molecule has 0 unspecified atom stereocenters. The van der Waals surface area contributed by atoms with Crippen molar-refractivity contribution < 1.29 is 0 Å². The molecule has 0 spiro atoms. The molecule has 118 valence electrons. The molecule has 4 heterocycles. The number of aromatic amines is 1. The lowest BCUT2D eigenvalue weighted by Crippen LogP contribution is -2.47. The summed E-state index contributed by atoms with van der Waals surface area (Å²) >= 11 is 0. The van der Waals surface area contributed by atoms with Crippen LogP contribution in [0.5, 0.6) is 0 Å². The van der Waals surface area contributed by atoms with E-state index in [1.807, 2.05) is 17.8 Å².